The summed E-state index contributed by atoms with van der Waals surface area (Å²) in [6.45, 7) is 13.9. The molecule has 0 aliphatic carbocycles. The van der Waals surface area contributed by atoms with Crippen LogP contribution < -0.4 is 4.74 Å². The van der Waals surface area contributed by atoms with Crippen molar-refractivity contribution in [2.24, 2.45) is 5.92 Å². The molecule has 2 rings (SSSR count). The summed E-state index contributed by atoms with van der Waals surface area (Å²) in [7, 11) is -6.00. The maximum Gasteiger partial charge on any atom is 0.673 e. The topological polar surface area (TPSA) is 20.5 Å². The van der Waals surface area contributed by atoms with Gasteiger partial charge >= 0.3 is 18.6 Å². The number of hydrogen-bond donors (Lipinski definition) is 0. The summed E-state index contributed by atoms with van der Waals surface area (Å²) in [6, 6.07) is 8.32. The number of ether oxygens (including phenoxy) is 1. The molecule has 0 atom stereocenters. The largest absolute Gasteiger partial charge is 0.673 e. The molecule has 0 spiro atoms. The van der Waals surface area contributed by atoms with Crippen LogP contribution in [0.4, 0.5) is 17.3 Å². The van der Waals surface area contributed by atoms with Gasteiger partial charge in [0, 0.05) is 6.07 Å². The van der Waals surface area contributed by atoms with Gasteiger partial charge in [-0.2, -0.15) is 0 Å². The predicted molar refractivity (Wildman–Crippen MR) is 104 cm³/mol. The highest BCUT2D eigenvalue weighted by Gasteiger charge is 2.28. The molecule has 1 heterocycles. The minimum Gasteiger partial charge on any atom is -0.493 e. The molecule has 0 amide bonds. The molecule has 7 heteroatoms. The van der Waals surface area contributed by atoms with E-state index in [-0.39, 0.29) is 5.41 Å². The Balaban J connectivity index is 0.000000646. The van der Waals surface area contributed by atoms with Gasteiger partial charge in [-0.05, 0) is 51.3 Å². The average Bonchev–Trinajstić information content (AvgIpc) is 2.53. The monoisotopic (exact) mass is 388 g/mol. The van der Waals surface area contributed by atoms with Crippen molar-refractivity contribution in [3.05, 3.63) is 35.6 Å². The molecule has 1 aromatic carbocycles. The fraction of sp³-hybridized carbons (Fsp3) is 0.550. The van der Waals surface area contributed by atoms with E-state index in [1.165, 1.54) is 5.56 Å². The van der Waals surface area contributed by atoms with Crippen LogP contribution in [0.1, 0.15) is 58.8 Å². The lowest BCUT2D eigenvalue weighted by molar-refractivity contribution is 0.240. The van der Waals surface area contributed by atoms with E-state index in [1.807, 2.05) is 12.1 Å². The lowest BCUT2D eigenvalue weighted by Crippen LogP contribution is -2.11. The molecule has 27 heavy (non-hydrogen) atoms. The third-order valence-electron chi connectivity index (χ3n) is 4.33. The van der Waals surface area contributed by atoms with Crippen molar-refractivity contribution in [3.63, 3.8) is 0 Å². The minimum absolute atomic E-state index is 0.00529. The van der Waals surface area contributed by atoms with Crippen molar-refractivity contribution in [1.82, 2.24) is 0 Å². The van der Waals surface area contributed by atoms with E-state index in [1.54, 1.807) is 0 Å². The molecular formula is C20H29BF4O2. The zero-order valence-corrected chi connectivity index (χ0v) is 16.9. The Bertz CT molecular complexity index is 729. The van der Waals surface area contributed by atoms with E-state index < -0.39 is 7.25 Å². The first-order valence-electron chi connectivity index (χ1n) is 9.23. The van der Waals surface area contributed by atoms with Crippen LogP contribution in [-0.2, 0) is 5.41 Å². The van der Waals surface area contributed by atoms with Gasteiger partial charge in [-0.15, -0.1) is 0 Å². The molecule has 152 valence electrons. The maximum atomic E-state index is 9.75. The number of rotatable bonds is 5. The number of fused-ring (bicyclic) bond motifs is 1. The van der Waals surface area contributed by atoms with E-state index >= 15 is 0 Å². The van der Waals surface area contributed by atoms with Gasteiger partial charge in [-0.1, -0.05) is 26.7 Å². The number of aryl methyl sites for hydroxylation is 1. The van der Waals surface area contributed by atoms with Crippen molar-refractivity contribution < 1.29 is 26.4 Å². The summed E-state index contributed by atoms with van der Waals surface area (Å²) in [4.78, 5) is 0. The van der Waals surface area contributed by atoms with E-state index in [9.17, 15) is 17.3 Å². The molecule has 0 aliphatic heterocycles. The van der Waals surface area contributed by atoms with Gasteiger partial charge < -0.3 is 22.0 Å². The summed E-state index contributed by atoms with van der Waals surface area (Å²) in [5.74, 6) is 2.53. The quantitative estimate of drug-likeness (QED) is 0.302. The van der Waals surface area contributed by atoms with Gasteiger partial charge in [0.1, 0.15) is 5.75 Å². The zero-order valence-electron chi connectivity index (χ0n) is 16.9. The van der Waals surface area contributed by atoms with Gasteiger partial charge in [0.25, 0.3) is 0 Å². The van der Waals surface area contributed by atoms with Crippen LogP contribution in [0, 0.1) is 12.8 Å². The molecule has 0 radical (unpaired) electrons. The Labute approximate surface area is 159 Å². The highest BCUT2D eigenvalue weighted by atomic mass is 19.5. The first-order valence-corrected chi connectivity index (χ1v) is 9.23. The fourth-order valence-electron chi connectivity index (χ4n) is 2.53. The maximum absolute atomic E-state index is 9.75. The van der Waals surface area contributed by atoms with Crippen molar-refractivity contribution in [3.8, 4) is 5.75 Å². The molecule has 0 unspecified atom stereocenters. The van der Waals surface area contributed by atoms with Crippen molar-refractivity contribution >= 4 is 18.2 Å². The lowest BCUT2D eigenvalue weighted by Gasteiger charge is -2.13. The van der Waals surface area contributed by atoms with E-state index in [0.29, 0.717) is 5.92 Å². The van der Waals surface area contributed by atoms with E-state index in [0.717, 1.165) is 41.9 Å². The standard InChI is InChI=1S/C20H29O2.BF4/c1-7-15(8-2)13-21-16-9-10-17-14(3)11-19(20(4,5)6)22-18(17)12-16;2-1(3,4)5/h9-12,15H,7-8,13H2,1-6H3;/q+1;-1. The van der Waals surface area contributed by atoms with Gasteiger partial charge in [0.15, 0.2) is 0 Å². The summed E-state index contributed by atoms with van der Waals surface area (Å²) in [6.07, 6.45) is 2.31. The third-order valence-corrected chi connectivity index (χ3v) is 4.33. The number of halogens is 4. The fourth-order valence-corrected chi connectivity index (χ4v) is 2.53. The molecule has 0 aliphatic rings. The third kappa shape index (κ3) is 8.18. The van der Waals surface area contributed by atoms with Gasteiger partial charge in [0.2, 0.25) is 0 Å². The second-order valence-corrected chi connectivity index (χ2v) is 7.69. The molecule has 2 nitrogen and oxygen atoms in total. The molecule has 1 aromatic heterocycles. The van der Waals surface area contributed by atoms with Crippen LogP contribution >= 0.6 is 0 Å². The highest BCUT2D eigenvalue weighted by molar-refractivity contribution is 6.50. The summed E-state index contributed by atoms with van der Waals surface area (Å²) < 4.78 is 51.1. The predicted octanol–water partition coefficient (Wildman–Crippen LogP) is 7.43. The summed E-state index contributed by atoms with van der Waals surface area (Å²) in [5.41, 5.74) is 2.16. The molecular weight excluding hydrogens is 359 g/mol. The Morgan fingerprint density at radius 1 is 1.04 bits per heavy atom. The van der Waals surface area contributed by atoms with E-state index in [4.69, 9.17) is 9.15 Å². The van der Waals surface area contributed by atoms with Crippen LogP contribution in [0.2, 0.25) is 0 Å². The summed E-state index contributed by atoms with van der Waals surface area (Å²) >= 11 is 0. The molecule has 0 saturated carbocycles. The first kappa shape index (κ1) is 23.3. The molecule has 2 aromatic rings. The normalized spacial score (nSPS) is 12.1. The minimum atomic E-state index is -6.00. The Morgan fingerprint density at radius 3 is 2.07 bits per heavy atom. The first-order chi connectivity index (χ1) is 12.3. The number of hydrogen-bond acceptors (Lipinski definition) is 1. The van der Waals surface area contributed by atoms with Crippen molar-refractivity contribution in [2.45, 2.75) is 59.8 Å². The second kappa shape index (κ2) is 9.42. The van der Waals surface area contributed by atoms with Gasteiger partial charge in [-0.3, -0.25) is 0 Å². The van der Waals surface area contributed by atoms with Crippen LogP contribution in [0.25, 0.3) is 11.0 Å². The Morgan fingerprint density at radius 2 is 1.59 bits per heavy atom. The Kier molecular flexibility index (Phi) is 8.12. The van der Waals surface area contributed by atoms with Crippen LogP contribution in [-0.4, -0.2) is 13.9 Å². The van der Waals surface area contributed by atoms with E-state index in [2.05, 4.69) is 53.7 Å². The van der Waals surface area contributed by atoms with Crippen LogP contribution in [0.5, 0.6) is 5.75 Å². The van der Waals surface area contributed by atoms with Crippen LogP contribution in [0.3, 0.4) is 0 Å². The summed E-state index contributed by atoms with van der Waals surface area (Å²) in [5, 5.41) is 1.16. The Hall–Kier alpha value is -1.79. The molecule has 0 bridgehead atoms. The molecule has 0 N–H and O–H groups in total. The SMILES string of the molecule is CCC(CC)COc1ccc2c(C)cc(C(C)(C)C)[o+]c2c1.F[B-](F)(F)F. The van der Waals surface area contributed by atoms with Gasteiger partial charge in [0.05, 0.1) is 23.5 Å². The zero-order chi connectivity index (χ0) is 20.8. The molecule has 0 fully saturated rings. The smallest absolute Gasteiger partial charge is 0.493 e. The van der Waals surface area contributed by atoms with Crippen molar-refractivity contribution in [2.75, 3.05) is 6.61 Å². The van der Waals surface area contributed by atoms with Gasteiger partial charge in [-0.25, -0.2) is 4.42 Å². The number of benzene rings is 1. The lowest BCUT2D eigenvalue weighted by atomic mass is 9.91. The molecule has 0 saturated heterocycles. The van der Waals surface area contributed by atoms with Crippen LogP contribution in [0.15, 0.2) is 28.7 Å². The highest BCUT2D eigenvalue weighted by Crippen LogP contribution is 2.31. The average molecular weight is 388 g/mol. The van der Waals surface area contributed by atoms with Crippen molar-refractivity contribution in [1.29, 1.82) is 0 Å². The second-order valence-electron chi connectivity index (χ2n) is 7.69.